The number of nitrogens with zero attached hydrogens (tertiary/aromatic N) is 2. The van der Waals surface area contributed by atoms with E-state index in [9.17, 15) is 13.2 Å². The first-order chi connectivity index (χ1) is 8.52. The third kappa shape index (κ3) is 2.42. The molecule has 0 aliphatic carbocycles. The van der Waals surface area contributed by atoms with Gasteiger partial charge in [0.25, 0.3) is 0 Å². The first kappa shape index (κ1) is 12.3. The van der Waals surface area contributed by atoms with Gasteiger partial charge in [-0.2, -0.15) is 13.2 Å². The van der Waals surface area contributed by atoms with Crippen molar-refractivity contribution < 1.29 is 13.2 Å². The van der Waals surface area contributed by atoms with Crippen LogP contribution in [0.1, 0.15) is 5.56 Å². The van der Waals surface area contributed by atoms with Gasteiger partial charge in [0.05, 0.1) is 5.56 Å². The average Bonchev–Trinajstić information content (AvgIpc) is 2.38. The lowest BCUT2D eigenvalue weighted by molar-refractivity contribution is -0.137. The van der Waals surface area contributed by atoms with Gasteiger partial charge in [-0.05, 0) is 12.1 Å². The van der Waals surface area contributed by atoms with Gasteiger partial charge in [-0.25, -0.2) is 4.98 Å². The highest BCUT2D eigenvalue weighted by atomic mass is 19.4. The molecule has 0 saturated heterocycles. The maximum atomic E-state index is 12.6. The van der Waals surface area contributed by atoms with E-state index >= 15 is 0 Å². The lowest BCUT2D eigenvalue weighted by Gasteiger charge is -2.10. The van der Waals surface area contributed by atoms with Gasteiger partial charge in [0.1, 0.15) is 5.69 Å². The summed E-state index contributed by atoms with van der Waals surface area (Å²) in [6, 6.07) is 5.01. The molecule has 6 heteroatoms. The van der Waals surface area contributed by atoms with Crippen molar-refractivity contribution in [3.8, 4) is 11.3 Å². The molecule has 18 heavy (non-hydrogen) atoms. The first-order valence-corrected chi connectivity index (χ1v) is 5.19. The SMILES string of the molecule is CNc1nccnc1-c1cccc(C(F)(F)F)c1. The summed E-state index contributed by atoms with van der Waals surface area (Å²) in [4.78, 5) is 8.06. The van der Waals surface area contributed by atoms with Crippen molar-refractivity contribution in [2.24, 2.45) is 0 Å². The topological polar surface area (TPSA) is 37.8 Å². The van der Waals surface area contributed by atoms with Gasteiger partial charge in [-0.1, -0.05) is 12.1 Å². The van der Waals surface area contributed by atoms with Crippen LogP contribution in [0.5, 0.6) is 0 Å². The molecule has 0 radical (unpaired) electrons. The molecule has 94 valence electrons. The van der Waals surface area contributed by atoms with E-state index in [1.165, 1.54) is 18.5 Å². The van der Waals surface area contributed by atoms with Crippen LogP contribution in [-0.4, -0.2) is 17.0 Å². The molecule has 2 aromatic rings. The Hall–Kier alpha value is -2.11. The number of halogens is 3. The van der Waals surface area contributed by atoms with Crippen LogP contribution in [0.25, 0.3) is 11.3 Å². The molecule has 0 aliphatic heterocycles. The molecular weight excluding hydrogens is 243 g/mol. The Balaban J connectivity index is 2.51. The van der Waals surface area contributed by atoms with Crippen molar-refractivity contribution in [2.75, 3.05) is 12.4 Å². The number of anilines is 1. The third-order valence-electron chi connectivity index (χ3n) is 2.40. The summed E-state index contributed by atoms with van der Waals surface area (Å²) in [5, 5.41) is 2.80. The summed E-state index contributed by atoms with van der Waals surface area (Å²) in [7, 11) is 1.64. The van der Waals surface area contributed by atoms with Gasteiger partial charge in [0, 0.05) is 25.0 Å². The molecule has 0 aliphatic rings. The van der Waals surface area contributed by atoms with Crippen molar-refractivity contribution in [1.29, 1.82) is 0 Å². The highest BCUT2D eigenvalue weighted by Crippen LogP contribution is 2.32. The number of hydrogen-bond acceptors (Lipinski definition) is 3. The van der Waals surface area contributed by atoms with Crippen LogP contribution >= 0.6 is 0 Å². The molecule has 1 heterocycles. The summed E-state index contributed by atoms with van der Waals surface area (Å²) in [5.74, 6) is 0.442. The fraction of sp³-hybridized carbons (Fsp3) is 0.167. The van der Waals surface area contributed by atoms with E-state index in [4.69, 9.17) is 0 Å². The van der Waals surface area contributed by atoms with E-state index in [0.29, 0.717) is 17.1 Å². The second-order valence-electron chi connectivity index (χ2n) is 3.58. The predicted octanol–water partition coefficient (Wildman–Crippen LogP) is 3.20. The molecule has 0 amide bonds. The zero-order valence-electron chi connectivity index (χ0n) is 9.49. The van der Waals surface area contributed by atoms with Crippen molar-refractivity contribution in [2.45, 2.75) is 6.18 Å². The van der Waals surface area contributed by atoms with E-state index in [0.717, 1.165) is 12.1 Å². The lowest BCUT2D eigenvalue weighted by Crippen LogP contribution is -2.05. The van der Waals surface area contributed by atoms with E-state index < -0.39 is 11.7 Å². The molecule has 0 spiro atoms. The molecule has 0 fully saturated rings. The van der Waals surface area contributed by atoms with Crippen molar-refractivity contribution >= 4 is 5.82 Å². The third-order valence-corrected chi connectivity index (χ3v) is 2.40. The summed E-state index contributed by atoms with van der Waals surface area (Å²) in [6.07, 6.45) is -1.45. The standard InChI is InChI=1S/C12H10F3N3/c1-16-11-10(17-5-6-18-11)8-3-2-4-9(7-8)12(13,14)15/h2-7H,1H3,(H,16,18). The zero-order chi connectivity index (χ0) is 13.2. The minimum atomic E-state index is -4.36. The van der Waals surface area contributed by atoms with Crippen LogP contribution in [0.2, 0.25) is 0 Å². The largest absolute Gasteiger partial charge is 0.416 e. The molecule has 0 bridgehead atoms. The monoisotopic (exact) mass is 253 g/mol. The highest BCUT2D eigenvalue weighted by Gasteiger charge is 2.30. The number of hydrogen-bond donors (Lipinski definition) is 1. The first-order valence-electron chi connectivity index (χ1n) is 5.19. The molecular formula is C12H10F3N3. The summed E-state index contributed by atoms with van der Waals surface area (Å²) < 4.78 is 37.8. The molecule has 0 unspecified atom stereocenters. The summed E-state index contributed by atoms with van der Waals surface area (Å²) in [5.41, 5.74) is 0.0704. The molecule has 0 atom stereocenters. The van der Waals surface area contributed by atoms with Gasteiger partial charge < -0.3 is 5.32 Å². The smallest absolute Gasteiger partial charge is 0.371 e. The van der Waals surface area contributed by atoms with Crippen molar-refractivity contribution in [3.63, 3.8) is 0 Å². The number of alkyl halides is 3. The lowest BCUT2D eigenvalue weighted by atomic mass is 10.1. The van der Waals surface area contributed by atoms with Crippen LogP contribution < -0.4 is 5.32 Å². The normalized spacial score (nSPS) is 11.3. The minimum absolute atomic E-state index is 0.377. The van der Waals surface area contributed by atoms with Crippen molar-refractivity contribution in [3.05, 3.63) is 42.2 Å². The van der Waals surface area contributed by atoms with Gasteiger partial charge >= 0.3 is 6.18 Å². The van der Waals surface area contributed by atoms with Crippen LogP contribution in [0.3, 0.4) is 0 Å². The van der Waals surface area contributed by atoms with Crippen LogP contribution in [-0.2, 0) is 6.18 Å². The Kier molecular flexibility index (Phi) is 3.18. The Morgan fingerprint density at radius 2 is 1.83 bits per heavy atom. The van der Waals surface area contributed by atoms with E-state index in [-0.39, 0.29) is 0 Å². The summed E-state index contributed by atoms with van der Waals surface area (Å²) >= 11 is 0. The second kappa shape index (κ2) is 4.64. The fourth-order valence-corrected chi connectivity index (χ4v) is 1.58. The number of benzene rings is 1. The Morgan fingerprint density at radius 1 is 1.11 bits per heavy atom. The van der Waals surface area contributed by atoms with Crippen LogP contribution in [0, 0.1) is 0 Å². The Labute approximate surface area is 102 Å². The molecule has 0 saturated carbocycles. The van der Waals surface area contributed by atoms with Gasteiger partial charge in [-0.15, -0.1) is 0 Å². The second-order valence-corrected chi connectivity index (χ2v) is 3.58. The van der Waals surface area contributed by atoms with E-state index in [1.54, 1.807) is 13.1 Å². The fourth-order valence-electron chi connectivity index (χ4n) is 1.58. The van der Waals surface area contributed by atoms with Crippen LogP contribution in [0.4, 0.5) is 19.0 Å². The van der Waals surface area contributed by atoms with Crippen molar-refractivity contribution in [1.82, 2.24) is 9.97 Å². The van der Waals surface area contributed by atoms with E-state index in [1.807, 2.05) is 0 Å². The van der Waals surface area contributed by atoms with Gasteiger partial charge in [0.15, 0.2) is 5.82 Å². The molecule has 1 aromatic heterocycles. The van der Waals surface area contributed by atoms with E-state index in [2.05, 4.69) is 15.3 Å². The maximum absolute atomic E-state index is 12.6. The molecule has 3 nitrogen and oxygen atoms in total. The number of rotatable bonds is 2. The molecule has 1 aromatic carbocycles. The quantitative estimate of drug-likeness (QED) is 0.893. The summed E-state index contributed by atoms with van der Waals surface area (Å²) in [6.45, 7) is 0. The highest BCUT2D eigenvalue weighted by molar-refractivity contribution is 5.71. The Bertz CT molecular complexity index is 552. The van der Waals surface area contributed by atoms with Gasteiger partial charge in [0.2, 0.25) is 0 Å². The molecule has 1 N–H and O–H groups in total. The minimum Gasteiger partial charge on any atom is -0.371 e. The number of nitrogens with one attached hydrogen (secondary N) is 1. The molecule has 2 rings (SSSR count). The number of aromatic nitrogens is 2. The predicted molar refractivity (Wildman–Crippen MR) is 62.0 cm³/mol. The zero-order valence-corrected chi connectivity index (χ0v) is 9.49. The van der Waals surface area contributed by atoms with Crippen LogP contribution in [0.15, 0.2) is 36.7 Å². The maximum Gasteiger partial charge on any atom is 0.416 e. The Morgan fingerprint density at radius 3 is 2.50 bits per heavy atom. The van der Waals surface area contributed by atoms with Gasteiger partial charge in [-0.3, -0.25) is 4.98 Å². The average molecular weight is 253 g/mol.